The van der Waals surface area contributed by atoms with Gasteiger partial charge in [-0.3, -0.25) is 4.98 Å². The number of pyridine rings is 1. The lowest BCUT2D eigenvalue weighted by molar-refractivity contribution is -0.431. The standard InChI is InChI=1S/C13H15NO4/c15-5-8-2-1-3-9(14-8)13(16)4-10-12(6-13)7-17-11(12)18-10/h1-3,10-11,15-16H,4-7H2. The van der Waals surface area contributed by atoms with Crippen molar-refractivity contribution < 1.29 is 19.7 Å². The fourth-order valence-electron chi connectivity index (χ4n) is 3.44. The highest BCUT2D eigenvalue weighted by atomic mass is 16.7. The summed E-state index contributed by atoms with van der Waals surface area (Å²) in [6, 6.07) is 5.38. The second kappa shape index (κ2) is 3.30. The molecule has 1 saturated carbocycles. The Kier molecular flexibility index (Phi) is 1.99. The summed E-state index contributed by atoms with van der Waals surface area (Å²) in [5, 5.41) is 19.9. The van der Waals surface area contributed by atoms with E-state index in [1.54, 1.807) is 6.07 Å². The summed E-state index contributed by atoms with van der Waals surface area (Å²) < 4.78 is 10.9. The van der Waals surface area contributed by atoms with Crippen LogP contribution < -0.4 is 0 Å². The molecule has 2 aliphatic heterocycles. The number of aliphatic hydroxyl groups excluding tert-OH is 1. The van der Waals surface area contributed by atoms with Crippen LogP contribution in [0.4, 0.5) is 0 Å². The Hall–Kier alpha value is -1.01. The van der Waals surface area contributed by atoms with Gasteiger partial charge in [-0.25, -0.2) is 0 Å². The van der Waals surface area contributed by atoms with E-state index in [4.69, 9.17) is 14.6 Å². The molecule has 96 valence electrons. The third-order valence-electron chi connectivity index (χ3n) is 4.49. The van der Waals surface area contributed by atoms with Crippen molar-refractivity contribution in [3.8, 4) is 0 Å². The first-order valence-electron chi connectivity index (χ1n) is 6.23. The van der Waals surface area contributed by atoms with Crippen LogP contribution in [0.15, 0.2) is 18.2 Å². The lowest BCUT2D eigenvalue weighted by Crippen LogP contribution is -2.68. The van der Waals surface area contributed by atoms with Gasteiger partial charge in [0.15, 0.2) is 6.29 Å². The van der Waals surface area contributed by atoms with Crippen LogP contribution in [0.25, 0.3) is 0 Å². The summed E-state index contributed by atoms with van der Waals surface area (Å²) in [5.41, 5.74) is 0.270. The van der Waals surface area contributed by atoms with E-state index >= 15 is 0 Å². The van der Waals surface area contributed by atoms with Crippen molar-refractivity contribution in [2.75, 3.05) is 6.61 Å². The molecule has 1 spiro atoms. The maximum atomic E-state index is 10.8. The highest BCUT2D eigenvalue weighted by Gasteiger charge is 2.72. The van der Waals surface area contributed by atoms with Gasteiger partial charge >= 0.3 is 0 Å². The fraction of sp³-hybridized carbons (Fsp3) is 0.615. The topological polar surface area (TPSA) is 71.8 Å². The normalized spacial score (nSPS) is 44.8. The number of ether oxygens (including phenoxy) is 2. The van der Waals surface area contributed by atoms with E-state index in [1.165, 1.54) is 0 Å². The minimum atomic E-state index is -0.950. The zero-order chi connectivity index (χ0) is 12.4. The molecule has 0 bridgehead atoms. The van der Waals surface area contributed by atoms with Crippen molar-refractivity contribution in [2.24, 2.45) is 5.41 Å². The Balaban J connectivity index is 1.67. The molecular weight excluding hydrogens is 234 g/mol. The second-order valence-electron chi connectivity index (χ2n) is 5.59. The smallest absolute Gasteiger partial charge is 0.168 e. The molecule has 3 fully saturated rings. The van der Waals surface area contributed by atoms with Crippen LogP contribution in [0.1, 0.15) is 24.2 Å². The molecule has 2 saturated heterocycles. The van der Waals surface area contributed by atoms with Crippen LogP contribution in [0.5, 0.6) is 0 Å². The van der Waals surface area contributed by atoms with Crippen molar-refractivity contribution >= 4 is 0 Å². The Morgan fingerprint density at radius 3 is 2.94 bits per heavy atom. The van der Waals surface area contributed by atoms with Crippen LogP contribution in [-0.2, 0) is 21.7 Å². The van der Waals surface area contributed by atoms with Gasteiger partial charge in [0.2, 0.25) is 0 Å². The molecular formula is C13H15NO4. The first-order valence-corrected chi connectivity index (χ1v) is 6.23. The fourth-order valence-corrected chi connectivity index (χ4v) is 3.44. The Labute approximate surface area is 104 Å². The molecule has 4 unspecified atom stereocenters. The summed E-state index contributed by atoms with van der Waals surface area (Å²) in [7, 11) is 0. The summed E-state index contributed by atoms with van der Waals surface area (Å²) in [4.78, 5) is 4.33. The van der Waals surface area contributed by atoms with E-state index in [0.29, 0.717) is 30.8 Å². The maximum absolute atomic E-state index is 10.8. The van der Waals surface area contributed by atoms with Crippen LogP contribution in [0, 0.1) is 5.41 Å². The molecule has 1 aromatic rings. The SMILES string of the molecule is OCc1cccc(C2(O)CC3OC4OCC34C2)n1. The van der Waals surface area contributed by atoms with E-state index in [9.17, 15) is 5.11 Å². The lowest BCUT2D eigenvalue weighted by Gasteiger charge is -2.58. The van der Waals surface area contributed by atoms with E-state index in [0.717, 1.165) is 0 Å². The van der Waals surface area contributed by atoms with Gasteiger partial charge in [0.25, 0.3) is 0 Å². The highest BCUT2D eigenvalue weighted by molar-refractivity contribution is 5.25. The van der Waals surface area contributed by atoms with Crippen LogP contribution in [-0.4, -0.2) is 34.2 Å². The maximum Gasteiger partial charge on any atom is 0.168 e. The van der Waals surface area contributed by atoms with E-state index in [1.807, 2.05) is 12.1 Å². The van der Waals surface area contributed by atoms with Crippen molar-refractivity contribution in [1.29, 1.82) is 0 Å². The largest absolute Gasteiger partial charge is 0.390 e. The third kappa shape index (κ3) is 1.17. The molecule has 0 amide bonds. The molecule has 0 radical (unpaired) electrons. The van der Waals surface area contributed by atoms with Crippen LogP contribution in [0.3, 0.4) is 0 Å². The van der Waals surface area contributed by atoms with E-state index < -0.39 is 5.60 Å². The van der Waals surface area contributed by atoms with Crippen LogP contribution >= 0.6 is 0 Å². The predicted octanol–water partition coefficient (Wildman–Crippen LogP) is 0.297. The van der Waals surface area contributed by atoms with Gasteiger partial charge in [0.1, 0.15) is 5.60 Å². The minimum absolute atomic E-state index is 0.00560. The molecule has 5 nitrogen and oxygen atoms in total. The summed E-state index contributed by atoms with van der Waals surface area (Å²) >= 11 is 0. The van der Waals surface area contributed by atoms with Crippen molar-refractivity contribution in [2.45, 2.75) is 37.4 Å². The Morgan fingerprint density at radius 1 is 1.44 bits per heavy atom. The van der Waals surface area contributed by atoms with E-state index in [-0.39, 0.29) is 24.4 Å². The average Bonchev–Trinajstić information content (AvgIpc) is 2.69. The number of nitrogens with zero attached hydrogens (tertiary/aromatic N) is 1. The number of aliphatic hydroxyl groups is 2. The molecule has 4 atom stereocenters. The molecule has 3 aliphatic rings. The second-order valence-corrected chi connectivity index (χ2v) is 5.59. The highest BCUT2D eigenvalue weighted by Crippen LogP contribution is 2.63. The van der Waals surface area contributed by atoms with Gasteiger partial charge in [-0.2, -0.15) is 0 Å². The van der Waals surface area contributed by atoms with Crippen molar-refractivity contribution in [1.82, 2.24) is 4.98 Å². The predicted molar refractivity (Wildman–Crippen MR) is 60.3 cm³/mol. The molecule has 2 N–H and O–H groups in total. The molecule has 1 aromatic heterocycles. The molecule has 4 rings (SSSR count). The van der Waals surface area contributed by atoms with E-state index in [2.05, 4.69) is 4.98 Å². The lowest BCUT2D eigenvalue weighted by atomic mass is 9.74. The first kappa shape index (κ1) is 10.9. The third-order valence-corrected chi connectivity index (χ3v) is 4.49. The van der Waals surface area contributed by atoms with Crippen molar-refractivity contribution in [3.05, 3.63) is 29.6 Å². The quantitative estimate of drug-likeness (QED) is 0.788. The molecule has 1 aliphatic carbocycles. The monoisotopic (exact) mass is 249 g/mol. The summed E-state index contributed by atoms with van der Waals surface area (Å²) in [6.45, 7) is 0.561. The molecule has 0 aromatic carbocycles. The van der Waals surface area contributed by atoms with Gasteiger partial charge in [0, 0.05) is 6.42 Å². The number of hydrogen-bond donors (Lipinski definition) is 2. The molecule has 18 heavy (non-hydrogen) atoms. The van der Waals surface area contributed by atoms with Gasteiger partial charge in [-0.05, 0) is 18.6 Å². The van der Waals surface area contributed by atoms with Gasteiger partial charge in [-0.15, -0.1) is 0 Å². The minimum Gasteiger partial charge on any atom is -0.390 e. The number of rotatable bonds is 2. The van der Waals surface area contributed by atoms with Gasteiger partial charge in [-0.1, -0.05) is 6.07 Å². The zero-order valence-corrected chi connectivity index (χ0v) is 9.87. The average molecular weight is 249 g/mol. The zero-order valence-electron chi connectivity index (χ0n) is 9.87. The van der Waals surface area contributed by atoms with Crippen molar-refractivity contribution in [3.63, 3.8) is 0 Å². The van der Waals surface area contributed by atoms with Gasteiger partial charge in [0.05, 0.1) is 36.1 Å². The molecule has 3 heterocycles. The number of hydrogen-bond acceptors (Lipinski definition) is 5. The molecule has 5 heteroatoms. The summed E-state index contributed by atoms with van der Waals surface area (Å²) in [6.07, 6.45) is 1.16. The first-order chi connectivity index (χ1) is 8.66. The Morgan fingerprint density at radius 2 is 2.33 bits per heavy atom. The van der Waals surface area contributed by atoms with Crippen LogP contribution in [0.2, 0.25) is 0 Å². The van der Waals surface area contributed by atoms with Gasteiger partial charge < -0.3 is 19.7 Å². The Bertz CT molecular complexity index is 508. The number of aromatic nitrogens is 1. The summed E-state index contributed by atoms with van der Waals surface area (Å²) in [5.74, 6) is 0.